The molecule has 0 bridgehead atoms. The van der Waals surface area contributed by atoms with E-state index in [-0.39, 0.29) is 5.92 Å². The Labute approximate surface area is 295 Å². The van der Waals surface area contributed by atoms with Crippen LogP contribution in [0.15, 0.2) is 174 Å². The zero-order valence-corrected chi connectivity index (χ0v) is 27.7. The van der Waals surface area contributed by atoms with Gasteiger partial charge in [0.05, 0.1) is 0 Å². The highest BCUT2D eigenvalue weighted by atomic mass is 16.3. The smallest absolute Gasteiger partial charge is 0.164 e. The molecule has 7 aromatic carbocycles. The van der Waals surface area contributed by atoms with E-state index in [0.29, 0.717) is 11.6 Å². The number of hydrogen-bond donors (Lipinski definition) is 0. The minimum Gasteiger partial charge on any atom is -0.456 e. The van der Waals surface area contributed by atoms with Crippen LogP contribution < -0.4 is 0 Å². The minimum absolute atomic E-state index is 0.0780. The molecule has 51 heavy (non-hydrogen) atoms. The number of benzene rings is 7. The SMILES string of the molecule is C1=CCC(c2nc(-c3ccc4ccccc4c3)nc(-c3ccc(-c4cccc5oc6ccc(-c7ccccc7)cc6c45)c4ccccc34)n2)C=C1. The second kappa shape index (κ2) is 12.0. The van der Waals surface area contributed by atoms with Gasteiger partial charge in [-0.25, -0.2) is 15.0 Å². The van der Waals surface area contributed by atoms with Crippen molar-refractivity contribution in [2.45, 2.75) is 12.3 Å². The molecule has 240 valence electrons. The highest BCUT2D eigenvalue weighted by Crippen LogP contribution is 2.42. The molecule has 10 rings (SSSR count). The van der Waals surface area contributed by atoms with Gasteiger partial charge in [-0.05, 0) is 80.6 Å². The van der Waals surface area contributed by atoms with Crippen LogP contribution in [0.25, 0.3) is 88.5 Å². The summed E-state index contributed by atoms with van der Waals surface area (Å²) in [7, 11) is 0. The van der Waals surface area contributed by atoms with Crippen molar-refractivity contribution in [2.75, 3.05) is 0 Å². The number of allylic oxidation sites excluding steroid dienone is 4. The van der Waals surface area contributed by atoms with Crippen LogP contribution in [0, 0.1) is 0 Å². The van der Waals surface area contributed by atoms with Crippen molar-refractivity contribution in [1.82, 2.24) is 15.0 Å². The highest BCUT2D eigenvalue weighted by molar-refractivity contribution is 6.17. The van der Waals surface area contributed by atoms with Crippen LogP contribution in [0.3, 0.4) is 0 Å². The summed E-state index contributed by atoms with van der Waals surface area (Å²) in [6.45, 7) is 0. The predicted octanol–water partition coefficient (Wildman–Crippen LogP) is 12.3. The van der Waals surface area contributed by atoms with Gasteiger partial charge >= 0.3 is 0 Å². The van der Waals surface area contributed by atoms with Gasteiger partial charge in [-0.1, -0.05) is 140 Å². The fourth-order valence-electron chi connectivity index (χ4n) is 7.50. The molecule has 1 unspecified atom stereocenters. The van der Waals surface area contributed by atoms with E-state index >= 15 is 0 Å². The molecule has 4 nitrogen and oxygen atoms in total. The maximum absolute atomic E-state index is 6.43. The van der Waals surface area contributed by atoms with Crippen molar-refractivity contribution >= 4 is 43.5 Å². The second-order valence-corrected chi connectivity index (χ2v) is 13.1. The summed E-state index contributed by atoms with van der Waals surface area (Å²) in [5, 5.41) is 6.78. The maximum atomic E-state index is 6.43. The van der Waals surface area contributed by atoms with E-state index in [2.05, 4.69) is 170 Å². The topological polar surface area (TPSA) is 51.8 Å². The number of rotatable bonds is 5. The van der Waals surface area contributed by atoms with Gasteiger partial charge in [0.2, 0.25) is 0 Å². The molecule has 1 atom stereocenters. The molecule has 4 heteroatoms. The lowest BCUT2D eigenvalue weighted by Crippen LogP contribution is -2.08. The standard InChI is InChI=1S/C47H31N3O/c1-3-12-30(13-4-1)34-24-27-42-41(29-34)44-39(20-11-21-43(44)51-42)38-25-26-40(37-19-10-9-18-36(37)38)47-49-45(32-15-5-2-6-16-32)48-46(50-47)35-23-22-31-14-7-8-17-33(31)28-35/h1-15,17-29,32H,16H2. The van der Waals surface area contributed by atoms with Gasteiger partial charge in [0.1, 0.15) is 17.0 Å². The normalized spacial score (nSPS) is 14.2. The first kappa shape index (κ1) is 29.3. The molecule has 1 aliphatic rings. The van der Waals surface area contributed by atoms with Crippen LogP contribution in [0.2, 0.25) is 0 Å². The Hall–Kier alpha value is -6.65. The van der Waals surface area contributed by atoms with E-state index in [1.165, 1.54) is 10.9 Å². The Kier molecular flexibility index (Phi) is 6.91. The van der Waals surface area contributed by atoms with Crippen LogP contribution in [-0.2, 0) is 0 Å². The third kappa shape index (κ3) is 5.12. The molecule has 9 aromatic rings. The van der Waals surface area contributed by atoms with E-state index in [1.54, 1.807) is 0 Å². The number of aromatic nitrogens is 3. The summed E-state index contributed by atoms with van der Waals surface area (Å²) in [6, 6.07) is 51.1. The van der Waals surface area contributed by atoms with Gasteiger partial charge in [-0.3, -0.25) is 0 Å². The van der Waals surface area contributed by atoms with Crippen molar-refractivity contribution in [3.63, 3.8) is 0 Å². The van der Waals surface area contributed by atoms with Gasteiger partial charge in [0, 0.05) is 27.8 Å². The lowest BCUT2D eigenvalue weighted by Gasteiger charge is -2.16. The van der Waals surface area contributed by atoms with E-state index in [4.69, 9.17) is 19.4 Å². The zero-order valence-electron chi connectivity index (χ0n) is 27.7. The lowest BCUT2D eigenvalue weighted by atomic mass is 9.91. The molecule has 0 saturated heterocycles. The Balaban J connectivity index is 1.16. The predicted molar refractivity (Wildman–Crippen MR) is 209 cm³/mol. The molecular weight excluding hydrogens is 623 g/mol. The first-order chi connectivity index (χ1) is 25.3. The monoisotopic (exact) mass is 653 g/mol. The van der Waals surface area contributed by atoms with Crippen LogP contribution >= 0.6 is 0 Å². The average molecular weight is 654 g/mol. The third-order valence-electron chi connectivity index (χ3n) is 10.0. The number of furan rings is 1. The first-order valence-electron chi connectivity index (χ1n) is 17.4. The Bertz CT molecular complexity index is 2850. The van der Waals surface area contributed by atoms with Gasteiger partial charge in [0.15, 0.2) is 11.6 Å². The Morgan fingerprint density at radius 2 is 1.24 bits per heavy atom. The van der Waals surface area contributed by atoms with E-state index < -0.39 is 0 Å². The van der Waals surface area contributed by atoms with Crippen LogP contribution in [0.4, 0.5) is 0 Å². The van der Waals surface area contributed by atoms with Crippen molar-refractivity contribution in [3.8, 4) is 45.0 Å². The van der Waals surface area contributed by atoms with Gasteiger partial charge in [-0.2, -0.15) is 0 Å². The molecule has 1 aliphatic carbocycles. The fourth-order valence-corrected chi connectivity index (χ4v) is 7.50. The molecule has 2 heterocycles. The second-order valence-electron chi connectivity index (χ2n) is 13.1. The lowest BCUT2D eigenvalue weighted by molar-refractivity contribution is 0.669. The average Bonchev–Trinajstić information content (AvgIpc) is 3.59. The maximum Gasteiger partial charge on any atom is 0.164 e. The molecule has 2 aromatic heterocycles. The largest absolute Gasteiger partial charge is 0.456 e. The summed E-state index contributed by atoms with van der Waals surface area (Å²) < 4.78 is 6.43. The summed E-state index contributed by atoms with van der Waals surface area (Å²) in [6.07, 6.45) is 9.38. The van der Waals surface area contributed by atoms with Crippen LogP contribution in [-0.4, -0.2) is 15.0 Å². The highest BCUT2D eigenvalue weighted by Gasteiger charge is 2.21. The summed E-state index contributed by atoms with van der Waals surface area (Å²) >= 11 is 0. The van der Waals surface area contributed by atoms with E-state index in [1.807, 2.05) is 0 Å². The van der Waals surface area contributed by atoms with Crippen LogP contribution in [0.1, 0.15) is 18.2 Å². The Morgan fingerprint density at radius 3 is 2.10 bits per heavy atom. The Morgan fingerprint density at radius 1 is 0.471 bits per heavy atom. The third-order valence-corrected chi connectivity index (χ3v) is 10.0. The molecule has 0 N–H and O–H groups in total. The summed E-state index contributed by atoms with van der Waals surface area (Å²) in [5.41, 5.74) is 8.32. The van der Waals surface area contributed by atoms with E-state index in [0.717, 1.165) is 78.2 Å². The molecule has 0 aliphatic heterocycles. The molecular formula is C47H31N3O. The molecule has 0 spiro atoms. The fraction of sp³-hybridized carbons (Fsp3) is 0.0426. The van der Waals surface area contributed by atoms with Crippen molar-refractivity contribution in [3.05, 3.63) is 176 Å². The first-order valence-corrected chi connectivity index (χ1v) is 17.4. The minimum atomic E-state index is 0.0780. The summed E-state index contributed by atoms with van der Waals surface area (Å²) in [4.78, 5) is 15.4. The van der Waals surface area contributed by atoms with Crippen LogP contribution in [0.5, 0.6) is 0 Å². The number of nitrogens with zero attached hydrogens (tertiary/aromatic N) is 3. The molecule has 0 amide bonds. The quantitative estimate of drug-likeness (QED) is 0.185. The molecule has 0 saturated carbocycles. The van der Waals surface area contributed by atoms with Gasteiger partial charge in [-0.15, -0.1) is 0 Å². The number of fused-ring (bicyclic) bond motifs is 5. The van der Waals surface area contributed by atoms with E-state index in [9.17, 15) is 0 Å². The van der Waals surface area contributed by atoms with Crippen molar-refractivity contribution < 1.29 is 4.42 Å². The van der Waals surface area contributed by atoms with Crippen molar-refractivity contribution in [2.24, 2.45) is 0 Å². The molecule has 0 fully saturated rings. The van der Waals surface area contributed by atoms with Gasteiger partial charge < -0.3 is 4.42 Å². The molecule has 0 radical (unpaired) electrons. The van der Waals surface area contributed by atoms with Gasteiger partial charge in [0.25, 0.3) is 0 Å². The zero-order chi connectivity index (χ0) is 33.7. The number of hydrogen-bond acceptors (Lipinski definition) is 4. The van der Waals surface area contributed by atoms with Crippen molar-refractivity contribution in [1.29, 1.82) is 0 Å². The summed E-state index contributed by atoms with van der Waals surface area (Å²) in [5.74, 6) is 2.21.